The molecule has 1 saturated carbocycles. The van der Waals surface area contributed by atoms with Gasteiger partial charge in [-0.15, -0.1) is 0 Å². The second-order valence-corrected chi connectivity index (χ2v) is 7.39. The van der Waals surface area contributed by atoms with Crippen LogP contribution >= 0.6 is 0 Å². The Balaban J connectivity index is 1.54. The van der Waals surface area contributed by atoms with Gasteiger partial charge in [0.1, 0.15) is 0 Å². The summed E-state index contributed by atoms with van der Waals surface area (Å²) in [6.45, 7) is 2.73. The second kappa shape index (κ2) is 6.94. The van der Waals surface area contributed by atoms with E-state index in [2.05, 4.69) is 5.32 Å². The van der Waals surface area contributed by atoms with E-state index in [1.165, 1.54) is 0 Å². The van der Waals surface area contributed by atoms with E-state index >= 15 is 0 Å². The molecule has 2 amide bonds. The number of aryl methyl sites for hydroxylation is 1. The average molecular weight is 348 g/mol. The first-order chi connectivity index (χ1) is 12.6. The van der Waals surface area contributed by atoms with Crippen molar-refractivity contribution < 1.29 is 9.59 Å². The molecule has 1 N–H and O–H groups in total. The molecule has 0 saturated heterocycles. The number of nitrogens with one attached hydrogen (secondary N) is 1. The number of nitrogens with zero attached hydrogens (tertiary/aromatic N) is 1. The lowest BCUT2D eigenvalue weighted by Crippen LogP contribution is -2.35. The van der Waals surface area contributed by atoms with Crippen molar-refractivity contribution in [1.82, 2.24) is 0 Å². The number of rotatable bonds is 4. The van der Waals surface area contributed by atoms with Crippen LogP contribution in [0.25, 0.3) is 0 Å². The summed E-state index contributed by atoms with van der Waals surface area (Å²) < 4.78 is 0. The van der Waals surface area contributed by atoms with Crippen molar-refractivity contribution in [2.45, 2.75) is 32.6 Å². The fourth-order valence-corrected chi connectivity index (χ4v) is 3.69. The maximum Gasteiger partial charge on any atom is 0.258 e. The number of fused-ring (bicyclic) bond motifs is 1. The third-order valence-electron chi connectivity index (χ3n) is 5.47. The van der Waals surface area contributed by atoms with Gasteiger partial charge in [-0.05, 0) is 67.5 Å². The van der Waals surface area contributed by atoms with Gasteiger partial charge in [0, 0.05) is 29.4 Å². The minimum Gasteiger partial charge on any atom is -0.326 e. The minimum absolute atomic E-state index is 0.0330. The van der Waals surface area contributed by atoms with Crippen molar-refractivity contribution in [3.05, 3.63) is 59.7 Å². The third kappa shape index (κ3) is 3.36. The molecule has 4 heteroatoms. The van der Waals surface area contributed by atoms with Gasteiger partial charge in [-0.1, -0.05) is 25.1 Å². The van der Waals surface area contributed by atoms with Gasteiger partial charge in [-0.3, -0.25) is 9.59 Å². The molecule has 1 aliphatic carbocycles. The molecule has 134 valence electrons. The summed E-state index contributed by atoms with van der Waals surface area (Å²) in [4.78, 5) is 27.1. The number of amides is 2. The Hall–Kier alpha value is -2.62. The van der Waals surface area contributed by atoms with Crippen LogP contribution in [-0.4, -0.2) is 18.4 Å². The third-order valence-corrected chi connectivity index (χ3v) is 5.47. The molecule has 0 spiro atoms. The van der Waals surface area contributed by atoms with Crippen LogP contribution in [0.1, 0.15) is 42.1 Å². The van der Waals surface area contributed by atoms with Crippen LogP contribution in [0.2, 0.25) is 0 Å². The zero-order valence-corrected chi connectivity index (χ0v) is 15.1. The summed E-state index contributed by atoms with van der Waals surface area (Å²) in [5.74, 6) is 0.750. The number of anilines is 2. The average Bonchev–Trinajstić information content (AvgIpc) is 3.52. The lowest BCUT2D eigenvalue weighted by atomic mass is 9.99. The number of carbonyl (C=O) groups excluding carboxylic acids is 2. The molecular weight excluding hydrogens is 324 g/mol. The zero-order chi connectivity index (χ0) is 18.1. The molecule has 0 bridgehead atoms. The predicted octanol–water partition coefficient (Wildman–Crippen LogP) is 4.26. The number of benzene rings is 2. The maximum atomic E-state index is 12.9. The highest BCUT2D eigenvalue weighted by atomic mass is 16.2. The molecule has 4 nitrogen and oxygen atoms in total. The van der Waals surface area contributed by atoms with Crippen molar-refractivity contribution >= 4 is 23.2 Å². The van der Waals surface area contributed by atoms with E-state index in [4.69, 9.17) is 0 Å². The molecule has 2 aliphatic rings. The summed E-state index contributed by atoms with van der Waals surface area (Å²) in [6, 6.07) is 15.3. The van der Waals surface area contributed by atoms with E-state index in [0.717, 1.165) is 49.2 Å². The molecule has 1 atom stereocenters. The highest BCUT2D eigenvalue weighted by Gasteiger charge is 2.32. The van der Waals surface area contributed by atoms with Gasteiger partial charge in [0.15, 0.2) is 0 Å². The first kappa shape index (κ1) is 16.8. The van der Waals surface area contributed by atoms with Crippen LogP contribution < -0.4 is 10.2 Å². The molecule has 1 aliphatic heterocycles. The quantitative estimate of drug-likeness (QED) is 0.897. The Morgan fingerprint density at radius 1 is 1.12 bits per heavy atom. The highest BCUT2D eigenvalue weighted by molar-refractivity contribution is 6.07. The normalized spacial score (nSPS) is 17.3. The van der Waals surface area contributed by atoms with Crippen LogP contribution in [0, 0.1) is 11.8 Å². The smallest absolute Gasteiger partial charge is 0.258 e. The van der Waals surface area contributed by atoms with E-state index in [1.807, 2.05) is 60.4 Å². The van der Waals surface area contributed by atoms with Crippen molar-refractivity contribution in [2.24, 2.45) is 11.8 Å². The Morgan fingerprint density at radius 2 is 1.88 bits per heavy atom. The first-order valence-electron chi connectivity index (χ1n) is 9.44. The molecule has 4 rings (SSSR count). The van der Waals surface area contributed by atoms with Gasteiger partial charge >= 0.3 is 0 Å². The highest BCUT2D eigenvalue weighted by Crippen LogP contribution is 2.37. The van der Waals surface area contributed by atoms with E-state index in [0.29, 0.717) is 11.5 Å². The summed E-state index contributed by atoms with van der Waals surface area (Å²) in [5.41, 5.74) is 3.61. The maximum absolute atomic E-state index is 12.9. The van der Waals surface area contributed by atoms with Gasteiger partial charge in [0.25, 0.3) is 5.91 Å². The molecule has 0 radical (unpaired) electrons. The summed E-state index contributed by atoms with van der Waals surface area (Å²) in [6.07, 6.45) is 4.18. The topological polar surface area (TPSA) is 49.4 Å². The van der Waals surface area contributed by atoms with Crippen molar-refractivity contribution in [3.8, 4) is 0 Å². The van der Waals surface area contributed by atoms with Crippen LogP contribution in [0.5, 0.6) is 0 Å². The van der Waals surface area contributed by atoms with Gasteiger partial charge in [-0.2, -0.15) is 0 Å². The molecule has 2 aromatic carbocycles. The first-order valence-corrected chi connectivity index (χ1v) is 9.44. The van der Waals surface area contributed by atoms with Crippen LogP contribution in [0.15, 0.2) is 48.5 Å². The number of carbonyl (C=O) groups is 2. The predicted molar refractivity (Wildman–Crippen MR) is 103 cm³/mol. The second-order valence-electron chi connectivity index (χ2n) is 7.39. The molecule has 2 aromatic rings. The van der Waals surface area contributed by atoms with Crippen molar-refractivity contribution in [1.29, 1.82) is 0 Å². The molecule has 1 heterocycles. The van der Waals surface area contributed by atoms with Crippen LogP contribution in [-0.2, 0) is 11.2 Å². The molecule has 1 unspecified atom stereocenters. The van der Waals surface area contributed by atoms with Crippen molar-refractivity contribution in [3.63, 3.8) is 0 Å². The van der Waals surface area contributed by atoms with Crippen LogP contribution in [0.3, 0.4) is 0 Å². The Bertz CT molecular complexity index is 827. The van der Waals surface area contributed by atoms with Gasteiger partial charge in [0.2, 0.25) is 5.91 Å². The zero-order valence-electron chi connectivity index (χ0n) is 15.1. The molecule has 1 fully saturated rings. The van der Waals surface area contributed by atoms with Crippen LogP contribution in [0.4, 0.5) is 11.4 Å². The lowest BCUT2D eigenvalue weighted by Gasteiger charge is -2.30. The largest absolute Gasteiger partial charge is 0.326 e. The van der Waals surface area contributed by atoms with Gasteiger partial charge in [-0.25, -0.2) is 0 Å². The molecular formula is C22H24N2O2. The van der Waals surface area contributed by atoms with Crippen molar-refractivity contribution in [2.75, 3.05) is 16.8 Å². The summed E-state index contributed by atoms with van der Waals surface area (Å²) in [7, 11) is 0. The number of hydrogen-bond donors (Lipinski definition) is 1. The van der Waals surface area contributed by atoms with E-state index in [9.17, 15) is 9.59 Å². The number of hydrogen-bond acceptors (Lipinski definition) is 2. The van der Waals surface area contributed by atoms with Gasteiger partial charge < -0.3 is 10.2 Å². The Morgan fingerprint density at radius 3 is 2.62 bits per heavy atom. The fraction of sp³-hybridized carbons (Fsp3) is 0.364. The summed E-state index contributed by atoms with van der Waals surface area (Å²) in [5, 5.41) is 3.05. The Labute approximate surface area is 154 Å². The molecule has 0 aromatic heterocycles. The van der Waals surface area contributed by atoms with E-state index < -0.39 is 0 Å². The standard InChI is InChI=1S/C22H24N2O2/c1-15(16-9-10-16)21(25)23-19-11-12-20-18(14-19)8-5-13-24(20)22(26)17-6-3-2-4-7-17/h2-4,6-7,11-12,14-16H,5,8-10,13H2,1H3,(H,23,25). The van der Waals surface area contributed by atoms with E-state index in [-0.39, 0.29) is 17.7 Å². The minimum atomic E-state index is 0.0330. The lowest BCUT2D eigenvalue weighted by molar-refractivity contribution is -0.119. The van der Waals surface area contributed by atoms with Gasteiger partial charge in [0.05, 0.1) is 0 Å². The fourth-order valence-electron chi connectivity index (χ4n) is 3.69. The monoisotopic (exact) mass is 348 g/mol. The summed E-state index contributed by atoms with van der Waals surface area (Å²) >= 11 is 0. The van der Waals surface area contributed by atoms with E-state index in [1.54, 1.807) is 0 Å². The molecule has 26 heavy (non-hydrogen) atoms. The Kier molecular flexibility index (Phi) is 4.49. The SMILES string of the molecule is CC(C(=O)Nc1ccc2c(c1)CCCN2C(=O)c1ccccc1)C1CC1.